The first kappa shape index (κ1) is 21.9. The van der Waals surface area contributed by atoms with Gasteiger partial charge in [0.2, 0.25) is 11.9 Å². The van der Waals surface area contributed by atoms with Crippen molar-refractivity contribution in [2.75, 3.05) is 24.7 Å². The van der Waals surface area contributed by atoms with Crippen molar-refractivity contribution in [2.24, 2.45) is 0 Å². The smallest absolute Gasteiger partial charge is 0.368 e. The molecule has 2 aromatic carbocycles. The maximum absolute atomic E-state index is 13.2. The Morgan fingerprint density at radius 3 is 2.44 bits per heavy atom. The van der Waals surface area contributed by atoms with Gasteiger partial charge in [-0.05, 0) is 23.8 Å². The first-order valence-corrected chi connectivity index (χ1v) is 10.6. The number of nitrogens with zero attached hydrogens (tertiary/aromatic N) is 6. The zero-order chi connectivity index (χ0) is 22.9. The molecule has 0 unspecified atom stereocenters. The van der Waals surface area contributed by atoms with Crippen LogP contribution in [0.2, 0.25) is 0 Å². The van der Waals surface area contributed by atoms with Crippen molar-refractivity contribution >= 4 is 34.7 Å². The van der Waals surface area contributed by atoms with Gasteiger partial charge in [-0.15, -0.1) is 0 Å². The molecule has 7 nitrogen and oxygen atoms in total. The summed E-state index contributed by atoms with van der Waals surface area (Å²) in [6.07, 6.45) is -4.43. The predicted molar refractivity (Wildman–Crippen MR) is 118 cm³/mol. The Balaban J connectivity index is 1.71. The number of thioether (sulfide) groups is 1. The van der Waals surface area contributed by atoms with Crippen LogP contribution in [0.15, 0.2) is 53.7 Å². The molecule has 0 aliphatic heterocycles. The van der Waals surface area contributed by atoms with Crippen molar-refractivity contribution in [3.63, 3.8) is 0 Å². The standard InChI is InChI=1S/C21H20F3N7S/c1-30(2)19-28-17(27-18(25)29-19)12-32-20-26-15-10-14(21(22,23)24)8-9-16(15)31(20)11-13-6-4-3-5-7-13/h3-10H,11-12H2,1-2H3,(H2,25,27,28,29). The highest BCUT2D eigenvalue weighted by molar-refractivity contribution is 7.98. The van der Waals surface area contributed by atoms with E-state index in [1.165, 1.54) is 17.8 Å². The molecule has 0 atom stereocenters. The SMILES string of the molecule is CN(C)c1nc(N)nc(CSc2nc3cc(C(F)(F)F)ccc3n2Cc2ccccc2)n1. The van der Waals surface area contributed by atoms with Crippen LogP contribution >= 0.6 is 11.8 Å². The third kappa shape index (κ3) is 4.77. The van der Waals surface area contributed by atoms with Gasteiger partial charge in [-0.2, -0.15) is 28.1 Å². The Bertz CT molecular complexity index is 1240. The molecule has 4 aromatic rings. The highest BCUT2D eigenvalue weighted by Gasteiger charge is 2.31. The summed E-state index contributed by atoms with van der Waals surface area (Å²) >= 11 is 1.33. The molecular weight excluding hydrogens is 439 g/mol. The normalized spacial score (nSPS) is 11.8. The molecule has 11 heteroatoms. The zero-order valence-corrected chi connectivity index (χ0v) is 18.2. The number of benzene rings is 2. The lowest BCUT2D eigenvalue weighted by molar-refractivity contribution is -0.137. The van der Waals surface area contributed by atoms with Crippen LogP contribution in [0, 0.1) is 0 Å². The summed E-state index contributed by atoms with van der Waals surface area (Å²) in [5.74, 6) is 1.32. The van der Waals surface area contributed by atoms with Crippen LogP contribution in [0.5, 0.6) is 0 Å². The number of imidazole rings is 1. The predicted octanol–water partition coefficient (Wildman–Crippen LogP) is 4.23. The molecule has 2 aromatic heterocycles. The number of hydrogen-bond acceptors (Lipinski definition) is 7. The van der Waals surface area contributed by atoms with Gasteiger partial charge in [0.1, 0.15) is 5.82 Å². The second kappa shape index (κ2) is 8.65. The summed E-state index contributed by atoms with van der Waals surface area (Å²) in [5.41, 5.74) is 6.97. The largest absolute Gasteiger partial charge is 0.416 e. The molecule has 0 saturated heterocycles. The molecule has 0 amide bonds. The van der Waals surface area contributed by atoms with E-state index < -0.39 is 11.7 Å². The van der Waals surface area contributed by atoms with Crippen LogP contribution in [-0.4, -0.2) is 38.6 Å². The second-order valence-corrected chi connectivity index (χ2v) is 8.20. The van der Waals surface area contributed by atoms with Gasteiger partial charge in [0.05, 0.1) is 28.9 Å². The van der Waals surface area contributed by atoms with Gasteiger partial charge < -0.3 is 15.2 Å². The van der Waals surface area contributed by atoms with Crippen molar-refractivity contribution in [3.05, 3.63) is 65.5 Å². The van der Waals surface area contributed by atoms with Gasteiger partial charge in [-0.1, -0.05) is 42.1 Å². The quantitative estimate of drug-likeness (QED) is 0.432. The highest BCUT2D eigenvalue weighted by atomic mass is 32.2. The summed E-state index contributed by atoms with van der Waals surface area (Å²) < 4.78 is 41.5. The fraction of sp³-hybridized carbons (Fsp3) is 0.238. The Morgan fingerprint density at radius 2 is 1.75 bits per heavy atom. The first-order chi connectivity index (χ1) is 15.2. The van der Waals surface area contributed by atoms with E-state index >= 15 is 0 Å². The van der Waals surface area contributed by atoms with Crippen LogP contribution in [0.1, 0.15) is 17.0 Å². The molecule has 0 saturated carbocycles. The van der Waals surface area contributed by atoms with Crippen LogP contribution in [0.25, 0.3) is 11.0 Å². The number of aromatic nitrogens is 5. The average molecular weight is 460 g/mol. The Hall–Kier alpha value is -3.34. The molecule has 166 valence electrons. The van der Waals surface area contributed by atoms with E-state index in [4.69, 9.17) is 5.73 Å². The van der Waals surface area contributed by atoms with E-state index in [0.29, 0.717) is 34.7 Å². The lowest BCUT2D eigenvalue weighted by atomic mass is 10.2. The monoisotopic (exact) mass is 459 g/mol. The van der Waals surface area contributed by atoms with E-state index in [1.807, 2.05) is 34.9 Å². The number of rotatable bonds is 6. The van der Waals surface area contributed by atoms with Crippen LogP contribution in [-0.2, 0) is 18.5 Å². The highest BCUT2D eigenvalue weighted by Crippen LogP contribution is 2.33. The molecule has 0 bridgehead atoms. The third-order valence-electron chi connectivity index (χ3n) is 4.64. The maximum atomic E-state index is 13.2. The summed E-state index contributed by atoms with van der Waals surface area (Å²) in [6.45, 7) is 0.466. The van der Waals surface area contributed by atoms with Crippen molar-refractivity contribution in [3.8, 4) is 0 Å². The van der Waals surface area contributed by atoms with Crippen LogP contribution in [0.4, 0.5) is 25.1 Å². The van der Waals surface area contributed by atoms with E-state index in [2.05, 4.69) is 19.9 Å². The van der Waals surface area contributed by atoms with E-state index in [0.717, 1.165) is 17.7 Å². The number of anilines is 2. The number of hydrogen-bond donors (Lipinski definition) is 1. The van der Waals surface area contributed by atoms with Crippen molar-refractivity contribution in [1.82, 2.24) is 24.5 Å². The van der Waals surface area contributed by atoms with Crippen LogP contribution < -0.4 is 10.6 Å². The Morgan fingerprint density at radius 1 is 1.00 bits per heavy atom. The number of nitrogen functional groups attached to an aromatic ring is 1. The molecular formula is C21H20F3N7S. The van der Waals surface area contributed by atoms with Crippen molar-refractivity contribution in [1.29, 1.82) is 0 Å². The molecule has 2 heterocycles. The average Bonchev–Trinajstić information content (AvgIpc) is 3.08. The van der Waals surface area contributed by atoms with E-state index in [1.54, 1.807) is 19.0 Å². The second-order valence-electron chi connectivity index (χ2n) is 7.26. The lowest BCUT2D eigenvalue weighted by Gasteiger charge is -2.12. The van der Waals surface area contributed by atoms with Crippen LogP contribution in [0.3, 0.4) is 0 Å². The molecule has 2 N–H and O–H groups in total. The fourth-order valence-electron chi connectivity index (χ4n) is 3.13. The van der Waals surface area contributed by atoms with Gasteiger partial charge in [0, 0.05) is 14.1 Å². The van der Waals surface area contributed by atoms with Gasteiger partial charge in [0.15, 0.2) is 5.16 Å². The van der Waals surface area contributed by atoms with E-state index in [-0.39, 0.29) is 11.5 Å². The molecule has 0 aliphatic rings. The summed E-state index contributed by atoms with van der Waals surface area (Å²) in [7, 11) is 3.59. The Kier molecular flexibility index (Phi) is 5.92. The number of fused-ring (bicyclic) bond motifs is 1. The van der Waals surface area contributed by atoms with Gasteiger partial charge in [0.25, 0.3) is 0 Å². The molecule has 32 heavy (non-hydrogen) atoms. The number of alkyl halides is 3. The molecule has 4 rings (SSSR count). The maximum Gasteiger partial charge on any atom is 0.416 e. The minimum atomic E-state index is -4.43. The van der Waals surface area contributed by atoms with Crippen molar-refractivity contribution < 1.29 is 13.2 Å². The summed E-state index contributed by atoms with van der Waals surface area (Å²) in [5, 5.41) is 0.563. The molecule has 0 spiro atoms. The third-order valence-corrected chi connectivity index (χ3v) is 5.61. The number of nitrogens with two attached hydrogens (primary N) is 1. The summed E-state index contributed by atoms with van der Waals surface area (Å²) in [4.78, 5) is 18.8. The first-order valence-electron chi connectivity index (χ1n) is 9.62. The zero-order valence-electron chi connectivity index (χ0n) is 17.3. The molecule has 0 aliphatic carbocycles. The molecule has 0 fully saturated rings. The van der Waals surface area contributed by atoms with E-state index in [9.17, 15) is 13.2 Å². The summed E-state index contributed by atoms with van der Waals surface area (Å²) in [6, 6.07) is 13.3. The molecule has 0 radical (unpaired) electrons. The minimum Gasteiger partial charge on any atom is -0.368 e. The van der Waals surface area contributed by atoms with Gasteiger partial charge >= 0.3 is 6.18 Å². The fourth-order valence-corrected chi connectivity index (χ4v) is 4.00. The lowest BCUT2D eigenvalue weighted by Crippen LogP contribution is -2.16. The Labute approximate surface area is 186 Å². The minimum absolute atomic E-state index is 0.104. The number of halogens is 3. The van der Waals surface area contributed by atoms with Crippen molar-refractivity contribution in [2.45, 2.75) is 23.6 Å². The van der Waals surface area contributed by atoms with Gasteiger partial charge in [-0.25, -0.2) is 4.98 Å². The van der Waals surface area contributed by atoms with Gasteiger partial charge in [-0.3, -0.25) is 0 Å². The topological polar surface area (TPSA) is 85.8 Å².